The highest BCUT2D eigenvalue weighted by molar-refractivity contribution is 7.89. The van der Waals surface area contributed by atoms with E-state index in [0.717, 1.165) is 5.56 Å². The van der Waals surface area contributed by atoms with Gasteiger partial charge in [-0.15, -0.1) is 0 Å². The number of sulfonamides is 1. The second-order valence-electron chi connectivity index (χ2n) is 4.82. The molecular formula is C15H16FNO3S. The molecule has 2 aromatic carbocycles. The molecule has 6 heteroatoms. The van der Waals surface area contributed by atoms with Gasteiger partial charge in [-0.2, -0.15) is 0 Å². The molecule has 21 heavy (non-hydrogen) atoms. The molecule has 0 aliphatic rings. The predicted molar refractivity (Wildman–Crippen MR) is 78.0 cm³/mol. The van der Waals surface area contributed by atoms with Gasteiger partial charge in [0.1, 0.15) is 16.5 Å². The minimum absolute atomic E-state index is 0.157. The maximum atomic E-state index is 12.8. The highest BCUT2D eigenvalue weighted by Crippen LogP contribution is 2.21. The molecule has 112 valence electrons. The van der Waals surface area contributed by atoms with Crippen LogP contribution in [0.5, 0.6) is 5.75 Å². The van der Waals surface area contributed by atoms with Crippen LogP contribution in [0.4, 0.5) is 4.39 Å². The number of aromatic hydroxyl groups is 1. The summed E-state index contributed by atoms with van der Waals surface area (Å²) in [6.07, 6.45) is 0.424. The summed E-state index contributed by atoms with van der Waals surface area (Å²) >= 11 is 0. The van der Waals surface area contributed by atoms with E-state index >= 15 is 0 Å². The van der Waals surface area contributed by atoms with Crippen molar-refractivity contribution in [2.75, 3.05) is 0 Å². The van der Waals surface area contributed by atoms with Crippen LogP contribution in [-0.4, -0.2) is 19.6 Å². The normalized spacial score (nSPS) is 13.0. The first-order valence-electron chi connectivity index (χ1n) is 6.43. The van der Waals surface area contributed by atoms with Crippen LogP contribution in [0, 0.1) is 5.82 Å². The van der Waals surface area contributed by atoms with Gasteiger partial charge < -0.3 is 5.11 Å². The molecular weight excluding hydrogens is 293 g/mol. The number of para-hydroxylation sites is 1. The molecule has 0 fully saturated rings. The lowest BCUT2D eigenvalue weighted by Crippen LogP contribution is -2.34. The standard InChI is InChI=1S/C15H16FNO3S/c1-11(10-12-6-8-13(16)9-7-12)17-21(19,20)15-5-3-2-4-14(15)18/h2-9,11,17-18H,10H2,1H3. The monoisotopic (exact) mass is 309 g/mol. The van der Waals surface area contributed by atoms with Crippen LogP contribution >= 0.6 is 0 Å². The molecule has 2 aromatic rings. The minimum atomic E-state index is -3.79. The predicted octanol–water partition coefficient (Wildman–Crippen LogP) is 2.44. The Labute approximate surface area is 123 Å². The Balaban J connectivity index is 2.10. The van der Waals surface area contributed by atoms with E-state index in [2.05, 4.69) is 4.72 Å². The topological polar surface area (TPSA) is 66.4 Å². The summed E-state index contributed by atoms with van der Waals surface area (Å²) in [6.45, 7) is 1.71. The molecule has 0 aromatic heterocycles. The van der Waals surface area contributed by atoms with Crippen LogP contribution in [0.25, 0.3) is 0 Å². The van der Waals surface area contributed by atoms with Gasteiger partial charge in [-0.1, -0.05) is 24.3 Å². The van der Waals surface area contributed by atoms with Crippen molar-refractivity contribution < 1.29 is 17.9 Å². The lowest BCUT2D eigenvalue weighted by Gasteiger charge is -2.15. The molecule has 2 N–H and O–H groups in total. The van der Waals surface area contributed by atoms with Gasteiger partial charge in [-0.3, -0.25) is 0 Å². The number of hydrogen-bond donors (Lipinski definition) is 2. The number of halogens is 1. The number of phenols is 1. The first-order valence-corrected chi connectivity index (χ1v) is 7.91. The lowest BCUT2D eigenvalue weighted by atomic mass is 10.1. The SMILES string of the molecule is CC(Cc1ccc(F)cc1)NS(=O)(=O)c1ccccc1O. The van der Waals surface area contributed by atoms with Crippen molar-refractivity contribution in [3.8, 4) is 5.75 Å². The van der Waals surface area contributed by atoms with Crippen molar-refractivity contribution in [1.29, 1.82) is 0 Å². The second kappa shape index (κ2) is 6.24. The summed E-state index contributed by atoms with van der Waals surface area (Å²) in [5, 5.41) is 9.62. The van der Waals surface area contributed by atoms with Gasteiger partial charge in [0.05, 0.1) is 0 Å². The largest absolute Gasteiger partial charge is 0.507 e. The average molecular weight is 309 g/mol. The van der Waals surface area contributed by atoms with Gasteiger partial charge in [-0.05, 0) is 43.2 Å². The first-order chi connectivity index (χ1) is 9.88. The molecule has 0 amide bonds. The summed E-state index contributed by atoms with van der Waals surface area (Å²) in [6, 6.07) is 11.2. The highest BCUT2D eigenvalue weighted by atomic mass is 32.2. The average Bonchev–Trinajstić information content (AvgIpc) is 2.41. The Morgan fingerprint density at radius 2 is 1.76 bits per heavy atom. The minimum Gasteiger partial charge on any atom is -0.507 e. The van der Waals surface area contributed by atoms with Crippen molar-refractivity contribution in [3.05, 3.63) is 59.9 Å². The maximum Gasteiger partial charge on any atom is 0.244 e. The van der Waals surface area contributed by atoms with Gasteiger partial charge in [0.2, 0.25) is 10.0 Å². The summed E-state index contributed by atoms with van der Waals surface area (Å²) in [7, 11) is -3.79. The fourth-order valence-electron chi connectivity index (χ4n) is 2.03. The van der Waals surface area contributed by atoms with E-state index in [4.69, 9.17) is 0 Å². The number of benzene rings is 2. The van der Waals surface area contributed by atoms with E-state index in [0.29, 0.717) is 6.42 Å². The molecule has 0 aliphatic carbocycles. The van der Waals surface area contributed by atoms with Crippen LogP contribution < -0.4 is 4.72 Å². The van der Waals surface area contributed by atoms with E-state index in [1.54, 1.807) is 31.2 Å². The molecule has 0 aliphatic heterocycles. The molecule has 0 heterocycles. The zero-order valence-corrected chi connectivity index (χ0v) is 12.3. The van der Waals surface area contributed by atoms with Crippen LogP contribution in [0.3, 0.4) is 0 Å². The fraction of sp³-hybridized carbons (Fsp3) is 0.200. The van der Waals surface area contributed by atoms with Gasteiger partial charge in [0, 0.05) is 6.04 Å². The van der Waals surface area contributed by atoms with Crippen molar-refractivity contribution in [2.24, 2.45) is 0 Å². The van der Waals surface area contributed by atoms with E-state index in [-0.39, 0.29) is 22.5 Å². The van der Waals surface area contributed by atoms with E-state index in [9.17, 15) is 17.9 Å². The van der Waals surface area contributed by atoms with Crippen LogP contribution in [0.2, 0.25) is 0 Å². The highest BCUT2D eigenvalue weighted by Gasteiger charge is 2.20. The molecule has 0 radical (unpaired) electrons. The molecule has 4 nitrogen and oxygen atoms in total. The van der Waals surface area contributed by atoms with Gasteiger partial charge in [0.15, 0.2) is 0 Å². The first kappa shape index (κ1) is 15.5. The fourth-order valence-corrected chi connectivity index (χ4v) is 3.37. The van der Waals surface area contributed by atoms with Crippen molar-refractivity contribution in [1.82, 2.24) is 4.72 Å². The molecule has 2 rings (SSSR count). The molecule has 0 bridgehead atoms. The number of phenolic OH excluding ortho intramolecular Hbond substituents is 1. The quantitative estimate of drug-likeness (QED) is 0.891. The van der Waals surface area contributed by atoms with E-state index in [1.807, 2.05) is 0 Å². The zero-order valence-electron chi connectivity index (χ0n) is 11.5. The molecule has 1 unspecified atom stereocenters. The van der Waals surface area contributed by atoms with E-state index < -0.39 is 10.0 Å². The smallest absolute Gasteiger partial charge is 0.244 e. The second-order valence-corrected chi connectivity index (χ2v) is 6.50. The van der Waals surface area contributed by atoms with Crippen LogP contribution in [0.1, 0.15) is 12.5 Å². The Hall–Kier alpha value is -1.92. The third kappa shape index (κ3) is 4.03. The third-order valence-corrected chi connectivity index (χ3v) is 4.60. The summed E-state index contributed by atoms with van der Waals surface area (Å²) in [5.74, 6) is -0.625. The van der Waals surface area contributed by atoms with Crippen molar-refractivity contribution in [3.63, 3.8) is 0 Å². The zero-order chi connectivity index (χ0) is 15.5. The molecule has 0 spiro atoms. The molecule has 0 saturated heterocycles. The number of nitrogens with one attached hydrogen (secondary N) is 1. The number of rotatable bonds is 5. The summed E-state index contributed by atoms with van der Waals surface area (Å²) in [4.78, 5) is -0.157. The Morgan fingerprint density at radius 1 is 1.14 bits per heavy atom. The Kier molecular flexibility index (Phi) is 4.59. The third-order valence-electron chi connectivity index (χ3n) is 2.97. The number of hydrogen-bond acceptors (Lipinski definition) is 3. The lowest BCUT2D eigenvalue weighted by molar-refractivity contribution is 0.457. The van der Waals surface area contributed by atoms with Gasteiger partial charge in [0.25, 0.3) is 0 Å². The van der Waals surface area contributed by atoms with Crippen LogP contribution in [0.15, 0.2) is 53.4 Å². The summed E-state index contributed by atoms with van der Waals surface area (Å²) in [5.41, 5.74) is 0.823. The van der Waals surface area contributed by atoms with Crippen molar-refractivity contribution >= 4 is 10.0 Å². The van der Waals surface area contributed by atoms with E-state index in [1.165, 1.54) is 24.3 Å². The Bertz CT molecular complexity index is 714. The summed E-state index contributed by atoms with van der Waals surface area (Å²) < 4.78 is 39.7. The molecule has 0 saturated carbocycles. The molecule has 1 atom stereocenters. The Morgan fingerprint density at radius 3 is 2.38 bits per heavy atom. The van der Waals surface area contributed by atoms with Gasteiger partial charge in [-0.25, -0.2) is 17.5 Å². The van der Waals surface area contributed by atoms with Gasteiger partial charge >= 0.3 is 0 Å². The van der Waals surface area contributed by atoms with Crippen LogP contribution in [-0.2, 0) is 16.4 Å². The van der Waals surface area contributed by atoms with Crippen molar-refractivity contribution in [2.45, 2.75) is 24.3 Å². The maximum absolute atomic E-state index is 12.8.